The minimum Gasteiger partial charge on any atom is -0.387 e. The van der Waals surface area contributed by atoms with E-state index >= 15 is 0 Å². The second-order valence-electron chi connectivity index (χ2n) is 9.41. The molecule has 2 aromatic rings. The van der Waals surface area contributed by atoms with E-state index in [1.54, 1.807) is 55.2 Å². The van der Waals surface area contributed by atoms with Gasteiger partial charge in [-0.15, -0.1) is 11.8 Å². The molecule has 2 unspecified atom stereocenters. The number of aldehydes is 2. The largest absolute Gasteiger partial charge is 0.387 e. The molecule has 2 heterocycles. The van der Waals surface area contributed by atoms with Gasteiger partial charge in [0, 0.05) is 45.9 Å². The first-order valence-corrected chi connectivity index (χ1v) is 14.7. The van der Waals surface area contributed by atoms with Gasteiger partial charge in [0.15, 0.2) is 5.78 Å². The Kier molecular flexibility index (Phi) is 22.5. The lowest BCUT2D eigenvalue weighted by atomic mass is 10.0. The van der Waals surface area contributed by atoms with Crippen molar-refractivity contribution in [1.29, 1.82) is 5.41 Å². The second-order valence-corrected chi connectivity index (χ2v) is 10.6. The molecule has 0 saturated carbocycles. The van der Waals surface area contributed by atoms with Crippen LogP contribution in [0.1, 0.15) is 46.0 Å². The molecular formula is C31H43F2N5O5S. The fourth-order valence-electron chi connectivity index (χ4n) is 3.58. The number of benzene rings is 2. The van der Waals surface area contributed by atoms with Gasteiger partial charge in [0.1, 0.15) is 12.6 Å². The third kappa shape index (κ3) is 18.7. The minimum atomic E-state index is -3.17. The summed E-state index contributed by atoms with van der Waals surface area (Å²) in [6.07, 6.45) is 6.98. The van der Waals surface area contributed by atoms with Crippen molar-refractivity contribution in [3.8, 4) is 0 Å². The number of hydrogen-bond acceptors (Lipinski definition) is 9. The normalized spacial score (nSPS) is 16.6. The molecule has 1 amide bonds. The van der Waals surface area contributed by atoms with Crippen molar-refractivity contribution < 1.29 is 33.1 Å². The number of amidine groups is 1. The van der Waals surface area contributed by atoms with Crippen LogP contribution < -0.4 is 16.4 Å². The Morgan fingerprint density at radius 2 is 1.73 bits per heavy atom. The lowest BCUT2D eigenvalue weighted by molar-refractivity contribution is -0.109. The maximum atomic E-state index is 12.0. The Balaban J connectivity index is 0.000000580. The minimum absolute atomic E-state index is 0.0296. The Bertz CT molecular complexity index is 1140. The number of thioether (sulfide) groups is 1. The maximum Gasteiger partial charge on any atom is 0.342 e. The highest BCUT2D eigenvalue weighted by atomic mass is 32.2. The molecule has 2 atom stereocenters. The number of likely N-dealkylation sites (N-methyl/N-ethyl adjacent to an activating group) is 1. The second kappa shape index (κ2) is 24.6. The number of carbonyl (C=O) groups excluding carboxylic acids is 4. The van der Waals surface area contributed by atoms with Gasteiger partial charge in [0.2, 0.25) is 6.41 Å². The van der Waals surface area contributed by atoms with E-state index in [1.807, 2.05) is 24.3 Å². The Morgan fingerprint density at radius 3 is 2.09 bits per heavy atom. The summed E-state index contributed by atoms with van der Waals surface area (Å²) in [6, 6.07) is 16.5. The summed E-state index contributed by atoms with van der Waals surface area (Å²) < 4.78 is 19.8. The number of halogens is 2. The predicted molar refractivity (Wildman–Crippen MR) is 171 cm³/mol. The van der Waals surface area contributed by atoms with Crippen LogP contribution in [0.3, 0.4) is 0 Å². The molecule has 6 N–H and O–H groups in total. The fraction of sp³-hybridized carbons (Fsp3) is 0.387. The van der Waals surface area contributed by atoms with Crippen LogP contribution in [0.25, 0.3) is 0 Å². The Hall–Kier alpha value is -3.78. The first kappa shape index (κ1) is 40.2. The number of nitrogens with one attached hydrogen (secondary N) is 3. The zero-order valence-electron chi connectivity index (χ0n) is 25.2. The van der Waals surface area contributed by atoms with Crippen molar-refractivity contribution in [2.45, 2.75) is 32.4 Å². The van der Waals surface area contributed by atoms with Crippen molar-refractivity contribution in [3.63, 3.8) is 0 Å². The topological polar surface area (TPSA) is 166 Å². The van der Waals surface area contributed by atoms with Crippen LogP contribution in [0.15, 0.2) is 65.6 Å². The number of nitrogens with two attached hydrogens (primary N) is 1. The predicted octanol–water partition coefficient (Wildman–Crippen LogP) is 3.35. The van der Waals surface area contributed by atoms with E-state index in [-0.39, 0.29) is 17.5 Å². The van der Waals surface area contributed by atoms with Crippen LogP contribution in [0.5, 0.6) is 0 Å². The average Bonchev–Trinajstić information content (AvgIpc) is 3.66. The lowest BCUT2D eigenvalue weighted by Gasteiger charge is -2.12. The number of ketones is 1. The van der Waals surface area contributed by atoms with Gasteiger partial charge < -0.3 is 31.2 Å². The maximum absolute atomic E-state index is 12.0. The molecule has 13 heteroatoms. The van der Waals surface area contributed by atoms with Crippen molar-refractivity contribution >= 4 is 42.4 Å². The van der Waals surface area contributed by atoms with E-state index in [1.165, 1.54) is 19.4 Å². The molecule has 242 valence electrons. The quantitative estimate of drug-likeness (QED) is 0.120. The van der Waals surface area contributed by atoms with E-state index in [2.05, 4.69) is 29.5 Å². The molecule has 10 nitrogen and oxygen atoms in total. The molecule has 2 aromatic carbocycles. The third-order valence-corrected chi connectivity index (χ3v) is 7.29. The molecule has 4 rings (SSSR count). The first-order valence-electron chi connectivity index (χ1n) is 13.7. The monoisotopic (exact) mass is 635 g/mol. The number of carbonyl (C=O) groups is 4. The molecular weight excluding hydrogens is 592 g/mol. The summed E-state index contributed by atoms with van der Waals surface area (Å²) in [5.74, 6) is 1.05. The molecule has 2 aliphatic heterocycles. The van der Waals surface area contributed by atoms with E-state index < -0.39 is 6.61 Å². The van der Waals surface area contributed by atoms with Crippen molar-refractivity contribution in [2.75, 3.05) is 39.5 Å². The molecule has 0 spiro atoms. The van der Waals surface area contributed by atoms with Gasteiger partial charge in [0.25, 0.3) is 0 Å². The highest BCUT2D eigenvalue weighted by Crippen LogP contribution is 2.28. The van der Waals surface area contributed by atoms with Crippen LogP contribution in [0, 0.1) is 11.3 Å². The van der Waals surface area contributed by atoms with Crippen molar-refractivity contribution in [1.82, 2.24) is 15.5 Å². The highest BCUT2D eigenvalue weighted by molar-refractivity contribution is 8.03. The van der Waals surface area contributed by atoms with Gasteiger partial charge in [-0.2, -0.15) is 8.78 Å². The van der Waals surface area contributed by atoms with Crippen LogP contribution in [0.2, 0.25) is 0 Å². The van der Waals surface area contributed by atoms with Crippen LogP contribution in [-0.4, -0.2) is 92.7 Å². The van der Waals surface area contributed by atoms with Crippen LogP contribution in [-0.2, 0) is 9.59 Å². The summed E-state index contributed by atoms with van der Waals surface area (Å²) in [7, 11) is 3.92. The SMILES string of the molecule is CC1CCCN1C.CNCC=O.N=C(N)C1C=C(CNC=O)SC1.O=Cc1ccc(C(=O)c2ccccc2)cc1.OC(F)F. The molecule has 44 heavy (non-hydrogen) atoms. The summed E-state index contributed by atoms with van der Waals surface area (Å²) in [5.41, 5.74) is 7.15. The number of hydrogen-bond donors (Lipinski definition) is 5. The fourth-order valence-corrected chi connectivity index (χ4v) is 4.69. The Morgan fingerprint density at radius 1 is 1.14 bits per heavy atom. The van der Waals surface area contributed by atoms with E-state index in [4.69, 9.17) is 16.2 Å². The third-order valence-electron chi connectivity index (χ3n) is 6.11. The zero-order valence-corrected chi connectivity index (χ0v) is 26.1. The standard InChI is InChI=1S/C14H10O2.C7H11N3OS.C6H13N.C3H7NO.CH2F2O/c15-10-11-6-8-13(9-7-11)14(16)12-4-2-1-3-5-12;8-7(9)5-1-6(12-3-5)2-10-4-11;1-6-4-3-5-7(6)2;1-4-2-3-5;2-1(3)4/h1-10H;1,4-5H,2-3H2,(H3,8,9)(H,10,11);6H,3-5H2,1-2H3;3-4H,2H2,1H3;1,4H. The number of amides is 1. The van der Waals surface area contributed by atoms with Gasteiger partial charge in [-0.05, 0) is 40.4 Å². The molecule has 0 aliphatic carbocycles. The van der Waals surface area contributed by atoms with Gasteiger partial charge in [0.05, 0.1) is 12.4 Å². The molecule has 1 saturated heterocycles. The van der Waals surface area contributed by atoms with Crippen molar-refractivity contribution in [2.24, 2.45) is 11.7 Å². The first-order chi connectivity index (χ1) is 21.0. The number of rotatable bonds is 9. The van der Waals surface area contributed by atoms with Crippen LogP contribution >= 0.6 is 11.8 Å². The number of aliphatic hydroxyl groups is 1. The summed E-state index contributed by atoms with van der Waals surface area (Å²) in [5, 5.41) is 19.1. The van der Waals surface area contributed by atoms with E-state index in [9.17, 15) is 28.0 Å². The van der Waals surface area contributed by atoms with E-state index in [0.29, 0.717) is 36.2 Å². The molecule has 2 aliphatic rings. The lowest BCUT2D eigenvalue weighted by Crippen LogP contribution is -2.20. The molecule has 0 radical (unpaired) electrons. The molecule has 1 fully saturated rings. The summed E-state index contributed by atoms with van der Waals surface area (Å²) >= 11 is 1.64. The highest BCUT2D eigenvalue weighted by Gasteiger charge is 2.18. The molecule has 0 bridgehead atoms. The number of nitrogens with zero attached hydrogens (tertiary/aromatic N) is 1. The number of likely N-dealkylation sites (tertiary alicyclic amines) is 1. The van der Waals surface area contributed by atoms with Gasteiger partial charge in [-0.25, -0.2) is 0 Å². The number of aliphatic hydroxyl groups excluding tert-OH is 1. The zero-order chi connectivity index (χ0) is 33.3. The summed E-state index contributed by atoms with van der Waals surface area (Å²) in [4.78, 5) is 45.2. The van der Waals surface area contributed by atoms with Gasteiger partial charge >= 0.3 is 6.61 Å². The van der Waals surface area contributed by atoms with Crippen molar-refractivity contribution in [3.05, 3.63) is 82.3 Å². The number of alkyl halides is 2. The smallest absolute Gasteiger partial charge is 0.342 e. The average molecular weight is 636 g/mol. The molecule has 0 aromatic heterocycles. The Labute approximate surface area is 262 Å². The van der Waals surface area contributed by atoms with Crippen LogP contribution in [0.4, 0.5) is 8.78 Å². The van der Waals surface area contributed by atoms with E-state index in [0.717, 1.165) is 29.3 Å². The van der Waals surface area contributed by atoms with Gasteiger partial charge in [-0.3, -0.25) is 19.8 Å². The van der Waals surface area contributed by atoms with Gasteiger partial charge in [-0.1, -0.05) is 60.7 Å². The summed E-state index contributed by atoms with van der Waals surface area (Å²) in [6.45, 7) is 1.44.